The van der Waals surface area contributed by atoms with Gasteiger partial charge in [-0.25, -0.2) is 0 Å². The fourth-order valence-corrected chi connectivity index (χ4v) is 4.11. The lowest BCUT2D eigenvalue weighted by molar-refractivity contribution is -0.136. The number of nitrogens with zero attached hydrogens (tertiary/aromatic N) is 1. The third-order valence-corrected chi connectivity index (χ3v) is 5.62. The predicted octanol–water partition coefficient (Wildman–Crippen LogP) is 5.09. The molecule has 3 heteroatoms. The maximum Gasteiger partial charge on any atom is 0.235 e. The molecule has 0 radical (unpaired) electrons. The van der Waals surface area contributed by atoms with Crippen LogP contribution in [0.4, 0.5) is 0 Å². The van der Waals surface area contributed by atoms with Gasteiger partial charge in [0.1, 0.15) is 0 Å². The first kappa shape index (κ1) is 19.8. The van der Waals surface area contributed by atoms with Crippen LogP contribution in [-0.4, -0.2) is 29.2 Å². The number of carbonyl (C=O) groups excluding carboxylic acids is 2. The van der Waals surface area contributed by atoms with E-state index in [-0.39, 0.29) is 11.7 Å². The number of benzene rings is 3. The van der Waals surface area contributed by atoms with Gasteiger partial charge >= 0.3 is 0 Å². The standard InChI is InChI=1S/C27H25NO2/c29-25(19-18-21-11-4-1-5-12-21)24-17-10-20-28(24)27(30)26(22-13-6-2-7-14-22)23-15-8-3-9-16-23/h1-9,11-16,18-19,24,26H,10,17,20H2/b19-18+/t24-/m0/s1. The van der Waals surface area contributed by atoms with Crippen LogP contribution in [0.3, 0.4) is 0 Å². The van der Waals surface area contributed by atoms with Crippen molar-refractivity contribution in [3.63, 3.8) is 0 Å². The van der Waals surface area contributed by atoms with Crippen molar-refractivity contribution in [3.8, 4) is 0 Å². The Morgan fingerprint density at radius 3 is 1.90 bits per heavy atom. The Balaban J connectivity index is 1.59. The van der Waals surface area contributed by atoms with Crippen LogP contribution in [0.1, 0.15) is 35.4 Å². The van der Waals surface area contributed by atoms with Crippen LogP contribution < -0.4 is 0 Å². The van der Waals surface area contributed by atoms with Gasteiger partial charge < -0.3 is 4.90 Å². The second-order valence-electron chi connectivity index (χ2n) is 7.59. The summed E-state index contributed by atoms with van der Waals surface area (Å²) >= 11 is 0. The zero-order chi connectivity index (χ0) is 20.8. The lowest BCUT2D eigenvalue weighted by atomic mass is 9.89. The van der Waals surface area contributed by atoms with Crippen LogP contribution >= 0.6 is 0 Å². The SMILES string of the molecule is O=C(/C=C/c1ccccc1)[C@@H]1CCCN1C(=O)C(c1ccccc1)c1ccccc1. The summed E-state index contributed by atoms with van der Waals surface area (Å²) in [6.07, 6.45) is 5.00. The molecule has 0 saturated carbocycles. The van der Waals surface area contributed by atoms with Gasteiger partial charge in [0.2, 0.25) is 5.91 Å². The number of hydrogen-bond acceptors (Lipinski definition) is 2. The van der Waals surface area contributed by atoms with Crippen LogP contribution in [0.15, 0.2) is 97.1 Å². The van der Waals surface area contributed by atoms with Gasteiger partial charge in [-0.2, -0.15) is 0 Å². The Bertz CT molecular complexity index is 973. The molecule has 0 bridgehead atoms. The number of carbonyl (C=O) groups is 2. The molecule has 0 aromatic heterocycles. The van der Waals surface area contributed by atoms with Crippen molar-refractivity contribution in [1.82, 2.24) is 4.90 Å². The highest BCUT2D eigenvalue weighted by atomic mass is 16.2. The normalized spacial score (nSPS) is 16.3. The van der Waals surface area contributed by atoms with E-state index in [4.69, 9.17) is 0 Å². The van der Waals surface area contributed by atoms with E-state index in [1.54, 1.807) is 11.0 Å². The Morgan fingerprint density at radius 1 is 0.800 bits per heavy atom. The molecule has 3 aromatic carbocycles. The second kappa shape index (κ2) is 9.36. The molecule has 3 nitrogen and oxygen atoms in total. The van der Waals surface area contributed by atoms with Crippen LogP contribution in [0.25, 0.3) is 6.08 Å². The summed E-state index contributed by atoms with van der Waals surface area (Å²) in [6, 6.07) is 29.0. The summed E-state index contributed by atoms with van der Waals surface area (Å²) in [5.74, 6) is -0.417. The first-order chi connectivity index (χ1) is 14.7. The molecule has 0 spiro atoms. The quantitative estimate of drug-likeness (QED) is 0.545. The van der Waals surface area contributed by atoms with Gasteiger partial charge in [0.25, 0.3) is 0 Å². The van der Waals surface area contributed by atoms with Crippen molar-refractivity contribution in [1.29, 1.82) is 0 Å². The van der Waals surface area contributed by atoms with E-state index in [1.165, 1.54) is 0 Å². The summed E-state index contributed by atoms with van der Waals surface area (Å²) in [6.45, 7) is 0.616. The molecule has 1 amide bonds. The average molecular weight is 396 g/mol. The van der Waals surface area contributed by atoms with E-state index in [0.29, 0.717) is 13.0 Å². The molecule has 1 saturated heterocycles. The second-order valence-corrected chi connectivity index (χ2v) is 7.59. The largest absolute Gasteiger partial charge is 0.331 e. The first-order valence-corrected chi connectivity index (χ1v) is 10.4. The number of likely N-dealkylation sites (tertiary alicyclic amines) is 1. The van der Waals surface area contributed by atoms with Crippen LogP contribution in [0.5, 0.6) is 0 Å². The maximum atomic E-state index is 13.7. The minimum atomic E-state index is -0.404. The molecular weight excluding hydrogens is 370 g/mol. The molecule has 30 heavy (non-hydrogen) atoms. The van der Waals surface area contributed by atoms with E-state index in [9.17, 15) is 9.59 Å². The number of amides is 1. The molecule has 0 N–H and O–H groups in total. The van der Waals surface area contributed by atoms with Gasteiger partial charge in [0.05, 0.1) is 12.0 Å². The van der Waals surface area contributed by atoms with Gasteiger partial charge in [0.15, 0.2) is 5.78 Å². The van der Waals surface area contributed by atoms with Gasteiger partial charge in [-0.3, -0.25) is 9.59 Å². The highest BCUT2D eigenvalue weighted by Crippen LogP contribution is 2.30. The summed E-state index contributed by atoms with van der Waals surface area (Å²) in [5, 5.41) is 0. The molecule has 1 aliphatic heterocycles. The van der Waals surface area contributed by atoms with Gasteiger partial charge in [-0.05, 0) is 35.6 Å². The van der Waals surface area contributed by atoms with Crippen LogP contribution in [0, 0.1) is 0 Å². The molecule has 1 aliphatic rings. The molecule has 0 unspecified atom stereocenters. The third kappa shape index (κ3) is 4.41. The highest BCUT2D eigenvalue weighted by molar-refractivity contribution is 6.01. The fourth-order valence-electron chi connectivity index (χ4n) is 4.11. The topological polar surface area (TPSA) is 37.4 Å². The van der Waals surface area contributed by atoms with E-state index in [2.05, 4.69) is 0 Å². The predicted molar refractivity (Wildman–Crippen MR) is 120 cm³/mol. The Labute approximate surface area is 177 Å². The fraction of sp³-hybridized carbons (Fsp3) is 0.185. The van der Waals surface area contributed by atoms with Crippen molar-refractivity contribution >= 4 is 17.8 Å². The van der Waals surface area contributed by atoms with Gasteiger partial charge in [-0.1, -0.05) is 97.1 Å². The maximum absolute atomic E-state index is 13.7. The number of hydrogen-bond donors (Lipinski definition) is 0. The molecule has 150 valence electrons. The Morgan fingerprint density at radius 2 is 1.33 bits per heavy atom. The van der Waals surface area contributed by atoms with Crippen molar-refractivity contribution < 1.29 is 9.59 Å². The molecule has 4 rings (SSSR count). The van der Waals surface area contributed by atoms with Crippen molar-refractivity contribution in [2.45, 2.75) is 24.8 Å². The zero-order valence-corrected chi connectivity index (χ0v) is 16.9. The molecule has 1 heterocycles. The summed E-state index contributed by atoms with van der Waals surface area (Å²) < 4.78 is 0. The smallest absolute Gasteiger partial charge is 0.235 e. The van der Waals surface area contributed by atoms with E-state index in [0.717, 1.165) is 23.1 Å². The van der Waals surface area contributed by atoms with Crippen LogP contribution in [-0.2, 0) is 9.59 Å². The van der Waals surface area contributed by atoms with Gasteiger partial charge in [-0.15, -0.1) is 0 Å². The van der Waals surface area contributed by atoms with Crippen molar-refractivity contribution in [3.05, 3.63) is 114 Å². The summed E-state index contributed by atoms with van der Waals surface area (Å²) in [4.78, 5) is 28.4. The first-order valence-electron chi connectivity index (χ1n) is 10.4. The third-order valence-electron chi connectivity index (χ3n) is 5.62. The lowest BCUT2D eigenvalue weighted by Crippen LogP contribution is -2.42. The highest BCUT2D eigenvalue weighted by Gasteiger charge is 2.37. The van der Waals surface area contributed by atoms with E-state index >= 15 is 0 Å². The molecular formula is C27H25NO2. The number of ketones is 1. The van der Waals surface area contributed by atoms with E-state index in [1.807, 2.05) is 97.1 Å². The number of rotatable bonds is 6. The van der Waals surface area contributed by atoms with Gasteiger partial charge in [0, 0.05) is 6.54 Å². The van der Waals surface area contributed by atoms with E-state index < -0.39 is 12.0 Å². The average Bonchev–Trinajstić information content (AvgIpc) is 3.30. The minimum absolute atomic E-state index is 0.00337. The van der Waals surface area contributed by atoms with Crippen molar-refractivity contribution in [2.24, 2.45) is 0 Å². The van der Waals surface area contributed by atoms with Crippen molar-refractivity contribution in [2.75, 3.05) is 6.54 Å². The monoisotopic (exact) mass is 395 g/mol. The Kier molecular flexibility index (Phi) is 6.19. The molecule has 3 aromatic rings. The summed E-state index contributed by atoms with van der Waals surface area (Å²) in [7, 11) is 0. The molecule has 0 aliphatic carbocycles. The summed E-state index contributed by atoms with van der Waals surface area (Å²) in [5.41, 5.74) is 2.88. The minimum Gasteiger partial charge on any atom is -0.331 e. The molecule has 1 fully saturated rings. The Hall–Kier alpha value is -3.46. The molecule has 1 atom stereocenters. The zero-order valence-electron chi connectivity index (χ0n) is 16.9. The lowest BCUT2D eigenvalue weighted by Gasteiger charge is -2.28. The van der Waals surface area contributed by atoms with Crippen LogP contribution in [0.2, 0.25) is 0 Å².